The van der Waals surface area contributed by atoms with E-state index in [0.717, 1.165) is 25.7 Å². The molecule has 3 rings (SSSR count). The third-order valence-electron chi connectivity index (χ3n) is 6.05. The molecule has 0 radical (unpaired) electrons. The number of likely N-dealkylation sites (N-methyl/N-ethyl adjacent to an activating group) is 1. The summed E-state index contributed by atoms with van der Waals surface area (Å²) in [4.78, 5) is 39.5. The molecule has 1 N–H and O–H groups in total. The normalized spacial score (nSPS) is 30.5. The van der Waals surface area contributed by atoms with Crippen molar-refractivity contribution < 1.29 is 18.8 Å². The maximum atomic E-state index is 14.1. The molecule has 3 saturated heterocycles. The molecule has 0 aromatic rings. The van der Waals surface area contributed by atoms with Crippen molar-refractivity contribution in [3.63, 3.8) is 0 Å². The summed E-state index contributed by atoms with van der Waals surface area (Å²) in [5.74, 6) is -0.914. The fraction of sp³-hybridized carbons (Fsp3) is 0.737. The van der Waals surface area contributed by atoms with Crippen LogP contribution in [0.15, 0.2) is 11.4 Å². The lowest BCUT2D eigenvalue weighted by Gasteiger charge is -2.39. The zero-order chi connectivity index (χ0) is 19.0. The molecule has 144 valence electrons. The predicted molar refractivity (Wildman–Crippen MR) is 94.7 cm³/mol. The second kappa shape index (κ2) is 7.37. The van der Waals surface area contributed by atoms with Gasteiger partial charge in [0, 0.05) is 32.1 Å². The first-order valence-corrected chi connectivity index (χ1v) is 9.48. The maximum Gasteiger partial charge on any atom is 0.283 e. The lowest BCUT2D eigenvalue weighted by Crippen LogP contribution is -2.50. The van der Waals surface area contributed by atoms with Crippen molar-refractivity contribution >= 4 is 17.7 Å². The molecule has 4 atom stereocenters. The molecule has 3 aliphatic rings. The number of piperidine rings is 1. The highest BCUT2D eigenvalue weighted by Crippen LogP contribution is 2.39. The molecule has 6 nitrogen and oxygen atoms in total. The van der Waals surface area contributed by atoms with E-state index in [1.807, 2.05) is 0 Å². The first-order valence-electron chi connectivity index (χ1n) is 9.48. The summed E-state index contributed by atoms with van der Waals surface area (Å²) in [6.07, 6.45) is 4.38. The van der Waals surface area contributed by atoms with E-state index in [0.29, 0.717) is 25.0 Å². The minimum atomic E-state index is -0.636. The van der Waals surface area contributed by atoms with E-state index in [2.05, 4.69) is 5.32 Å². The minimum Gasteiger partial charge on any atom is -0.354 e. The average molecular weight is 365 g/mol. The molecule has 2 bridgehead atoms. The maximum absolute atomic E-state index is 14.1. The topological polar surface area (TPSA) is 69.7 Å². The van der Waals surface area contributed by atoms with E-state index < -0.39 is 11.7 Å². The van der Waals surface area contributed by atoms with Crippen LogP contribution in [-0.2, 0) is 14.4 Å². The Bertz CT molecular complexity index is 630. The monoisotopic (exact) mass is 365 g/mol. The number of carbonyl (C=O) groups is 3. The Labute approximate surface area is 153 Å². The average Bonchev–Trinajstić information content (AvgIpc) is 3.07. The van der Waals surface area contributed by atoms with Gasteiger partial charge in [0.2, 0.25) is 11.8 Å². The van der Waals surface area contributed by atoms with Crippen LogP contribution in [0, 0.1) is 5.92 Å². The van der Waals surface area contributed by atoms with Gasteiger partial charge in [0.15, 0.2) is 5.83 Å². The molecule has 26 heavy (non-hydrogen) atoms. The van der Waals surface area contributed by atoms with Gasteiger partial charge < -0.3 is 15.1 Å². The first kappa shape index (κ1) is 18.9. The SMILES string of the molecule is CC(C)=C(F)C(=O)N1[C@@H]2CC[C@H]1CC(CNC(=O)[C@H]1CCC(=O)N1C)C2. The van der Waals surface area contributed by atoms with E-state index in [4.69, 9.17) is 0 Å². The fourth-order valence-electron chi connectivity index (χ4n) is 4.59. The Kier molecular flexibility index (Phi) is 5.34. The van der Waals surface area contributed by atoms with Crippen molar-refractivity contribution in [1.82, 2.24) is 15.1 Å². The van der Waals surface area contributed by atoms with Crippen LogP contribution < -0.4 is 5.32 Å². The molecular formula is C19H28FN3O3. The second-order valence-corrected chi connectivity index (χ2v) is 8.05. The van der Waals surface area contributed by atoms with E-state index >= 15 is 0 Å². The zero-order valence-corrected chi connectivity index (χ0v) is 15.8. The molecule has 0 aromatic carbocycles. The molecule has 1 unspecified atom stereocenters. The highest BCUT2D eigenvalue weighted by Gasteiger charge is 2.44. The van der Waals surface area contributed by atoms with Crippen molar-refractivity contribution in [1.29, 1.82) is 0 Å². The molecule has 0 saturated carbocycles. The summed E-state index contributed by atoms with van der Waals surface area (Å²) >= 11 is 0. The number of carbonyl (C=O) groups excluding carboxylic acids is 3. The first-order chi connectivity index (χ1) is 12.3. The van der Waals surface area contributed by atoms with Gasteiger partial charge in [-0.2, -0.15) is 0 Å². The van der Waals surface area contributed by atoms with Gasteiger partial charge in [-0.25, -0.2) is 4.39 Å². The Morgan fingerprint density at radius 1 is 1.15 bits per heavy atom. The molecule has 0 spiro atoms. The summed E-state index contributed by atoms with van der Waals surface area (Å²) in [6.45, 7) is 3.78. The van der Waals surface area contributed by atoms with Crippen LogP contribution in [0.2, 0.25) is 0 Å². The van der Waals surface area contributed by atoms with Crippen molar-refractivity contribution in [3.8, 4) is 0 Å². The molecule has 7 heteroatoms. The van der Waals surface area contributed by atoms with Gasteiger partial charge in [-0.05, 0) is 57.4 Å². The van der Waals surface area contributed by atoms with E-state index in [1.165, 1.54) is 4.90 Å². The van der Waals surface area contributed by atoms with Gasteiger partial charge in [-0.1, -0.05) is 0 Å². The lowest BCUT2D eigenvalue weighted by atomic mass is 9.90. The van der Waals surface area contributed by atoms with E-state index in [9.17, 15) is 18.8 Å². The molecule has 3 amide bonds. The molecule has 3 fully saturated rings. The highest BCUT2D eigenvalue weighted by molar-refractivity contribution is 5.92. The molecular weight excluding hydrogens is 337 g/mol. The van der Waals surface area contributed by atoms with Crippen molar-refractivity contribution in [2.24, 2.45) is 5.92 Å². The summed E-state index contributed by atoms with van der Waals surface area (Å²) < 4.78 is 14.1. The smallest absolute Gasteiger partial charge is 0.283 e. The number of amides is 3. The van der Waals surface area contributed by atoms with Crippen LogP contribution in [0.1, 0.15) is 52.4 Å². The lowest BCUT2D eigenvalue weighted by molar-refractivity contribution is -0.135. The molecule has 3 aliphatic heterocycles. The summed E-state index contributed by atoms with van der Waals surface area (Å²) in [5.41, 5.74) is 0.416. The van der Waals surface area contributed by atoms with Crippen molar-refractivity contribution in [2.75, 3.05) is 13.6 Å². The largest absolute Gasteiger partial charge is 0.354 e. The van der Waals surface area contributed by atoms with Crippen LogP contribution in [0.3, 0.4) is 0 Å². The number of rotatable bonds is 4. The van der Waals surface area contributed by atoms with Crippen molar-refractivity contribution in [3.05, 3.63) is 11.4 Å². The third kappa shape index (κ3) is 3.48. The Balaban J connectivity index is 1.55. The zero-order valence-electron chi connectivity index (χ0n) is 15.8. The van der Waals surface area contributed by atoms with Gasteiger partial charge >= 0.3 is 0 Å². The predicted octanol–water partition coefficient (Wildman–Crippen LogP) is 1.76. The third-order valence-corrected chi connectivity index (χ3v) is 6.05. The standard InChI is InChI=1S/C19H28FN3O3/c1-11(2)17(20)19(26)23-13-4-5-14(23)9-12(8-13)10-21-18(25)15-6-7-16(24)22(15)3/h12-15H,4-10H2,1-3H3,(H,21,25)/t12?,13-,14+,15-/m1/s1. The number of hydrogen-bond acceptors (Lipinski definition) is 3. The minimum absolute atomic E-state index is 0.0105. The van der Waals surface area contributed by atoms with E-state index in [1.54, 1.807) is 25.8 Å². The van der Waals surface area contributed by atoms with Gasteiger partial charge in [-0.15, -0.1) is 0 Å². The number of halogens is 1. The Hall–Kier alpha value is -1.92. The number of nitrogens with zero attached hydrogens (tertiary/aromatic N) is 2. The second-order valence-electron chi connectivity index (χ2n) is 8.05. The fourth-order valence-corrected chi connectivity index (χ4v) is 4.59. The Morgan fingerprint density at radius 3 is 2.27 bits per heavy atom. The van der Waals surface area contributed by atoms with E-state index in [-0.39, 0.29) is 35.9 Å². The van der Waals surface area contributed by atoms with Crippen molar-refractivity contribution in [2.45, 2.75) is 70.5 Å². The van der Waals surface area contributed by atoms with Gasteiger partial charge in [-0.3, -0.25) is 14.4 Å². The van der Waals surface area contributed by atoms with Gasteiger partial charge in [0.05, 0.1) is 0 Å². The molecule has 3 heterocycles. The van der Waals surface area contributed by atoms with Crippen LogP contribution >= 0.6 is 0 Å². The van der Waals surface area contributed by atoms with Crippen LogP contribution in [0.4, 0.5) is 4.39 Å². The van der Waals surface area contributed by atoms with Gasteiger partial charge in [0.25, 0.3) is 5.91 Å². The van der Waals surface area contributed by atoms with Crippen LogP contribution in [-0.4, -0.2) is 59.2 Å². The Morgan fingerprint density at radius 2 is 1.77 bits per heavy atom. The van der Waals surface area contributed by atoms with Gasteiger partial charge in [0.1, 0.15) is 6.04 Å². The van der Waals surface area contributed by atoms with Crippen LogP contribution in [0.5, 0.6) is 0 Å². The quantitative estimate of drug-likeness (QED) is 0.772. The highest BCUT2D eigenvalue weighted by atomic mass is 19.1. The summed E-state index contributed by atoms with van der Waals surface area (Å²) in [7, 11) is 1.67. The number of hydrogen-bond donors (Lipinski definition) is 1. The van der Waals surface area contributed by atoms with Crippen LogP contribution in [0.25, 0.3) is 0 Å². The summed E-state index contributed by atoms with van der Waals surface area (Å²) in [6, 6.07) is -0.249. The molecule has 0 aromatic heterocycles. The number of likely N-dealkylation sites (tertiary alicyclic amines) is 1. The number of fused-ring (bicyclic) bond motifs is 2. The number of nitrogens with one attached hydrogen (secondary N) is 1. The molecule has 0 aliphatic carbocycles. The number of allylic oxidation sites excluding steroid dienone is 1. The summed E-state index contributed by atoms with van der Waals surface area (Å²) in [5, 5.41) is 2.98.